The highest BCUT2D eigenvalue weighted by molar-refractivity contribution is 5.82. The van der Waals surface area contributed by atoms with E-state index in [4.69, 9.17) is 5.73 Å². The maximum absolute atomic E-state index is 6.46. The number of hydrogen-bond acceptors (Lipinski definition) is 2. The van der Waals surface area contributed by atoms with E-state index in [-0.39, 0.29) is 5.54 Å². The molecule has 2 N–H and O–H groups in total. The molecule has 2 aromatic rings. The molecular formula is C14H16N2. The molecule has 1 saturated carbocycles. The van der Waals surface area contributed by atoms with E-state index in [1.54, 1.807) is 0 Å². The Morgan fingerprint density at radius 3 is 2.69 bits per heavy atom. The van der Waals surface area contributed by atoms with E-state index in [0.29, 0.717) is 0 Å². The zero-order valence-electron chi connectivity index (χ0n) is 9.32. The van der Waals surface area contributed by atoms with E-state index in [1.165, 1.54) is 29.2 Å². The van der Waals surface area contributed by atoms with Crippen molar-refractivity contribution in [3.63, 3.8) is 0 Å². The molecule has 2 nitrogen and oxygen atoms in total. The third kappa shape index (κ3) is 1.50. The summed E-state index contributed by atoms with van der Waals surface area (Å²) in [5.41, 5.74) is 7.65. The second-order valence-electron chi connectivity index (χ2n) is 4.80. The number of nitrogens with two attached hydrogens (primary N) is 1. The van der Waals surface area contributed by atoms with Gasteiger partial charge in [-0.1, -0.05) is 25.0 Å². The van der Waals surface area contributed by atoms with Gasteiger partial charge in [-0.2, -0.15) is 0 Å². The van der Waals surface area contributed by atoms with Crippen LogP contribution in [0.5, 0.6) is 0 Å². The number of rotatable bonds is 1. The number of nitrogens with zero attached hydrogens (tertiary/aromatic N) is 1. The van der Waals surface area contributed by atoms with Crippen LogP contribution >= 0.6 is 0 Å². The third-order valence-corrected chi connectivity index (χ3v) is 3.71. The minimum absolute atomic E-state index is 0.0859. The summed E-state index contributed by atoms with van der Waals surface area (Å²) >= 11 is 0. The molecular weight excluding hydrogens is 196 g/mol. The molecule has 1 aliphatic carbocycles. The molecule has 0 aliphatic heterocycles. The molecule has 1 aliphatic rings. The molecule has 1 heterocycles. The van der Waals surface area contributed by atoms with Crippen molar-refractivity contribution >= 4 is 10.8 Å². The summed E-state index contributed by atoms with van der Waals surface area (Å²) < 4.78 is 0. The lowest BCUT2D eigenvalue weighted by atomic mass is 9.88. The fraction of sp³-hybridized carbons (Fsp3) is 0.357. The minimum atomic E-state index is -0.0859. The Labute approximate surface area is 95.5 Å². The zero-order valence-corrected chi connectivity index (χ0v) is 9.32. The SMILES string of the molecule is NC1(c2ccc3cnccc3c2)CCCC1. The van der Waals surface area contributed by atoms with Crippen LogP contribution < -0.4 is 5.73 Å². The van der Waals surface area contributed by atoms with Crippen LogP contribution in [0, 0.1) is 0 Å². The van der Waals surface area contributed by atoms with Gasteiger partial charge in [-0.15, -0.1) is 0 Å². The number of aromatic nitrogens is 1. The predicted octanol–water partition coefficient (Wildman–Crippen LogP) is 2.96. The first-order valence-electron chi connectivity index (χ1n) is 5.91. The molecule has 0 saturated heterocycles. The first-order valence-corrected chi connectivity index (χ1v) is 5.91. The van der Waals surface area contributed by atoms with Gasteiger partial charge < -0.3 is 5.73 Å². The Kier molecular flexibility index (Phi) is 2.18. The Hall–Kier alpha value is -1.41. The molecule has 16 heavy (non-hydrogen) atoms. The van der Waals surface area contributed by atoms with Gasteiger partial charge in [0.1, 0.15) is 0 Å². The van der Waals surface area contributed by atoms with E-state index in [1.807, 2.05) is 12.4 Å². The van der Waals surface area contributed by atoms with Gasteiger partial charge in [-0.05, 0) is 35.9 Å². The Morgan fingerprint density at radius 1 is 1.06 bits per heavy atom. The standard InChI is InChI=1S/C14H16N2/c15-14(6-1-2-7-14)13-4-3-12-10-16-8-5-11(12)9-13/h3-5,8-10H,1-2,6-7,15H2. The van der Waals surface area contributed by atoms with Gasteiger partial charge in [0.2, 0.25) is 0 Å². The van der Waals surface area contributed by atoms with Crippen LogP contribution in [0.25, 0.3) is 10.8 Å². The van der Waals surface area contributed by atoms with Gasteiger partial charge in [0.25, 0.3) is 0 Å². The molecule has 2 heteroatoms. The Bertz CT molecular complexity index is 513. The summed E-state index contributed by atoms with van der Waals surface area (Å²) in [5, 5.41) is 2.43. The molecule has 0 atom stereocenters. The van der Waals surface area contributed by atoms with Crippen molar-refractivity contribution in [1.29, 1.82) is 0 Å². The van der Waals surface area contributed by atoms with Gasteiger partial charge in [-0.3, -0.25) is 4.98 Å². The van der Waals surface area contributed by atoms with Crippen molar-refractivity contribution in [2.24, 2.45) is 5.73 Å². The topological polar surface area (TPSA) is 38.9 Å². The Balaban J connectivity index is 2.11. The molecule has 82 valence electrons. The van der Waals surface area contributed by atoms with Gasteiger partial charge in [-0.25, -0.2) is 0 Å². The molecule has 0 unspecified atom stereocenters. The van der Waals surface area contributed by atoms with E-state index in [0.717, 1.165) is 12.8 Å². The van der Waals surface area contributed by atoms with Crippen LogP contribution in [-0.4, -0.2) is 4.98 Å². The number of fused-ring (bicyclic) bond motifs is 1. The van der Waals surface area contributed by atoms with Crippen molar-refractivity contribution in [2.75, 3.05) is 0 Å². The molecule has 0 amide bonds. The van der Waals surface area contributed by atoms with Crippen LogP contribution in [0.4, 0.5) is 0 Å². The third-order valence-electron chi connectivity index (χ3n) is 3.71. The number of hydrogen-bond donors (Lipinski definition) is 1. The zero-order chi connectivity index (χ0) is 11.0. The maximum atomic E-state index is 6.46. The fourth-order valence-corrected chi connectivity index (χ4v) is 2.69. The summed E-state index contributed by atoms with van der Waals surface area (Å²) in [5.74, 6) is 0. The van der Waals surface area contributed by atoms with E-state index in [9.17, 15) is 0 Å². The monoisotopic (exact) mass is 212 g/mol. The largest absolute Gasteiger partial charge is 0.321 e. The quantitative estimate of drug-likeness (QED) is 0.789. The number of benzene rings is 1. The normalized spacial score (nSPS) is 19.1. The van der Waals surface area contributed by atoms with Crippen LogP contribution in [0.1, 0.15) is 31.2 Å². The summed E-state index contributed by atoms with van der Waals surface area (Å²) in [6, 6.07) is 8.57. The molecule has 0 spiro atoms. The van der Waals surface area contributed by atoms with E-state index < -0.39 is 0 Å². The summed E-state index contributed by atoms with van der Waals surface area (Å²) in [6.45, 7) is 0. The molecule has 1 aromatic heterocycles. The smallest absolute Gasteiger partial charge is 0.0409 e. The summed E-state index contributed by atoms with van der Waals surface area (Å²) in [7, 11) is 0. The van der Waals surface area contributed by atoms with E-state index >= 15 is 0 Å². The lowest BCUT2D eigenvalue weighted by molar-refractivity contribution is 0.462. The molecule has 3 rings (SSSR count). The van der Waals surface area contributed by atoms with Crippen LogP contribution in [0.15, 0.2) is 36.7 Å². The van der Waals surface area contributed by atoms with Gasteiger partial charge in [0, 0.05) is 23.3 Å². The number of pyridine rings is 1. The van der Waals surface area contributed by atoms with Crippen molar-refractivity contribution in [3.05, 3.63) is 42.2 Å². The van der Waals surface area contributed by atoms with Crippen molar-refractivity contribution < 1.29 is 0 Å². The van der Waals surface area contributed by atoms with Crippen molar-refractivity contribution in [1.82, 2.24) is 4.98 Å². The van der Waals surface area contributed by atoms with Gasteiger partial charge >= 0.3 is 0 Å². The Morgan fingerprint density at radius 2 is 1.88 bits per heavy atom. The second kappa shape index (κ2) is 3.56. The molecule has 0 bridgehead atoms. The first kappa shape index (κ1) is 9.79. The highest BCUT2D eigenvalue weighted by Crippen LogP contribution is 2.37. The van der Waals surface area contributed by atoms with Crippen LogP contribution in [0.2, 0.25) is 0 Å². The predicted molar refractivity (Wildman–Crippen MR) is 66.1 cm³/mol. The van der Waals surface area contributed by atoms with Crippen molar-refractivity contribution in [2.45, 2.75) is 31.2 Å². The minimum Gasteiger partial charge on any atom is -0.321 e. The lowest BCUT2D eigenvalue weighted by Crippen LogP contribution is -2.32. The summed E-state index contributed by atoms with van der Waals surface area (Å²) in [4.78, 5) is 4.13. The summed E-state index contributed by atoms with van der Waals surface area (Å²) in [6.07, 6.45) is 8.48. The average Bonchev–Trinajstić information content (AvgIpc) is 2.77. The average molecular weight is 212 g/mol. The van der Waals surface area contributed by atoms with Crippen LogP contribution in [-0.2, 0) is 5.54 Å². The molecule has 1 fully saturated rings. The van der Waals surface area contributed by atoms with Gasteiger partial charge in [0.05, 0.1) is 0 Å². The van der Waals surface area contributed by atoms with Gasteiger partial charge in [0.15, 0.2) is 0 Å². The maximum Gasteiger partial charge on any atom is 0.0409 e. The highest BCUT2D eigenvalue weighted by atomic mass is 14.8. The lowest BCUT2D eigenvalue weighted by Gasteiger charge is -2.24. The second-order valence-corrected chi connectivity index (χ2v) is 4.80. The van der Waals surface area contributed by atoms with E-state index in [2.05, 4.69) is 29.2 Å². The first-order chi connectivity index (χ1) is 7.78. The highest BCUT2D eigenvalue weighted by Gasteiger charge is 2.30. The van der Waals surface area contributed by atoms with Crippen LogP contribution in [0.3, 0.4) is 0 Å². The van der Waals surface area contributed by atoms with Crippen molar-refractivity contribution in [3.8, 4) is 0 Å². The molecule has 1 aromatic carbocycles. The molecule has 0 radical (unpaired) electrons. The fourth-order valence-electron chi connectivity index (χ4n) is 2.69.